The van der Waals surface area contributed by atoms with Gasteiger partial charge >= 0.3 is 5.97 Å². The van der Waals surface area contributed by atoms with Crippen LogP contribution in [-0.4, -0.2) is 42.9 Å². The number of benzene rings is 1. The van der Waals surface area contributed by atoms with Crippen LogP contribution in [0.15, 0.2) is 30.5 Å². The lowest BCUT2D eigenvalue weighted by Gasteiger charge is -2.19. The van der Waals surface area contributed by atoms with Crippen LogP contribution in [0, 0.1) is 11.8 Å². The summed E-state index contributed by atoms with van der Waals surface area (Å²) >= 11 is 0. The lowest BCUT2D eigenvalue weighted by atomic mass is 9.92. The zero-order valence-corrected chi connectivity index (χ0v) is 17.0. The van der Waals surface area contributed by atoms with Crippen molar-refractivity contribution in [1.82, 2.24) is 3.97 Å². The van der Waals surface area contributed by atoms with Crippen molar-refractivity contribution < 1.29 is 22.7 Å². The number of rotatable bonds is 6. The van der Waals surface area contributed by atoms with Gasteiger partial charge in [-0.1, -0.05) is 25.1 Å². The predicted octanol–water partition coefficient (Wildman–Crippen LogP) is 3.45. The zero-order valence-electron chi connectivity index (χ0n) is 16.2. The van der Waals surface area contributed by atoms with Gasteiger partial charge < -0.3 is 9.47 Å². The molecule has 3 unspecified atom stereocenters. The number of hydrogen-bond acceptors (Lipinski definition) is 5. The van der Waals surface area contributed by atoms with Gasteiger partial charge in [0.1, 0.15) is 0 Å². The third-order valence-corrected chi connectivity index (χ3v) is 7.27. The first-order chi connectivity index (χ1) is 12.7. The maximum Gasteiger partial charge on any atom is 0.340 e. The maximum atomic E-state index is 12.8. The Kier molecular flexibility index (Phi) is 5.63. The van der Waals surface area contributed by atoms with Crippen molar-refractivity contribution in [3.05, 3.63) is 36.0 Å². The van der Waals surface area contributed by atoms with Crippen molar-refractivity contribution in [1.29, 1.82) is 0 Å². The molecule has 148 valence electrons. The molecule has 0 N–H and O–H groups in total. The minimum Gasteiger partial charge on any atom is -0.459 e. The van der Waals surface area contributed by atoms with E-state index < -0.39 is 21.2 Å². The van der Waals surface area contributed by atoms with Crippen LogP contribution in [0.2, 0.25) is 0 Å². The second kappa shape index (κ2) is 7.64. The number of fused-ring (bicyclic) bond motifs is 1. The molecule has 0 saturated carbocycles. The molecule has 2 heterocycles. The Morgan fingerprint density at radius 3 is 2.59 bits per heavy atom. The molecule has 7 heteroatoms. The van der Waals surface area contributed by atoms with Crippen molar-refractivity contribution in [2.75, 3.05) is 13.2 Å². The quantitative estimate of drug-likeness (QED) is 0.703. The van der Waals surface area contributed by atoms with Crippen molar-refractivity contribution in [3.8, 4) is 0 Å². The average molecular weight is 394 g/mol. The molecule has 6 nitrogen and oxygen atoms in total. The van der Waals surface area contributed by atoms with E-state index in [9.17, 15) is 13.2 Å². The molecule has 0 bridgehead atoms. The number of ether oxygens (including phenoxy) is 2. The molecule has 1 aromatic carbocycles. The van der Waals surface area contributed by atoms with Gasteiger partial charge in [-0.2, -0.15) is 0 Å². The van der Waals surface area contributed by atoms with Crippen molar-refractivity contribution >= 4 is 26.9 Å². The smallest absolute Gasteiger partial charge is 0.340 e. The van der Waals surface area contributed by atoms with E-state index in [0.717, 1.165) is 13.0 Å². The number of carbonyl (C=O) groups excluding carboxylic acids is 1. The number of para-hydroxylation sites is 1. The fourth-order valence-electron chi connectivity index (χ4n) is 3.48. The highest BCUT2D eigenvalue weighted by Crippen LogP contribution is 2.28. The zero-order chi connectivity index (χ0) is 19.8. The van der Waals surface area contributed by atoms with Gasteiger partial charge in [0.25, 0.3) is 0 Å². The molecule has 1 saturated heterocycles. The molecule has 0 amide bonds. The lowest BCUT2D eigenvalue weighted by Crippen LogP contribution is -2.22. The summed E-state index contributed by atoms with van der Waals surface area (Å²) in [6.07, 6.45) is 1.85. The summed E-state index contributed by atoms with van der Waals surface area (Å²) in [5.74, 6) is 0.322. The van der Waals surface area contributed by atoms with Crippen LogP contribution >= 0.6 is 0 Å². The van der Waals surface area contributed by atoms with Gasteiger partial charge in [0.05, 0.1) is 22.4 Å². The van der Waals surface area contributed by atoms with E-state index in [0.29, 0.717) is 29.3 Å². The van der Waals surface area contributed by atoms with Crippen molar-refractivity contribution in [3.63, 3.8) is 0 Å². The molecule has 0 radical (unpaired) electrons. The van der Waals surface area contributed by atoms with Crippen LogP contribution in [-0.2, 0) is 19.5 Å². The van der Waals surface area contributed by atoms with Crippen LogP contribution < -0.4 is 0 Å². The van der Waals surface area contributed by atoms with E-state index in [1.54, 1.807) is 38.1 Å². The molecular formula is C20H27NO5S. The fourth-order valence-corrected chi connectivity index (χ4v) is 4.62. The number of nitrogens with zero attached hydrogens (tertiary/aromatic N) is 1. The third kappa shape index (κ3) is 3.89. The van der Waals surface area contributed by atoms with Gasteiger partial charge in [-0.25, -0.2) is 17.2 Å². The first-order valence-electron chi connectivity index (χ1n) is 9.35. The Labute approximate surface area is 160 Å². The molecule has 1 aromatic heterocycles. The third-order valence-electron chi connectivity index (χ3n) is 5.23. The van der Waals surface area contributed by atoms with Gasteiger partial charge in [0, 0.05) is 24.8 Å². The van der Waals surface area contributed by atoms with Gasteiger partial charge in [0.15, 0.2) is 0 Å². The van der Waals surface area contributed by atoms with Crippen LogP contribution in [0.1, 0.15) is 44.5 Å². The monoisotopic (exact) mass is 393 g/mol. The summed E-state index contributed by atoms with van der Waals surface area (Å²) in [7, 11) is -3.58. The standard InChI is InChI=1S/C20H27NO5S/c1-13(2)27(23,24)21-10-18(17-7-5-6-8-19(17)21)20(22)26-15(4)9-16-12-25-11-14(16)3/h5-8,10,13-16H,9,11-12H2,1-4H3. The highest BCUT2D eigenvalue weighted by molar-refractivity contribution is 7.90. The molecule has 1 aliphatic rings. The number of esters is 1. The summed E-state index contributed by atoms with van der Waals surface area (Å²) in [4.78, 5) is 12.8. The Morgan fingerprint density at radius 1 is 1.26 bits per heavy atom. The van der Waals surface area contributed by atoms with Crippen molar-refractivity contribution in [2.24, 2.45) is 11.8 Å². The summed E-state index contributed by atoms with van der Waals surface area (Å²) < 4.78 is 37.6. The van der Waals surface area contributed by atoms with E-state index in [1.165, 1.54) is 10.2 Å². The number of aromatic nitrogens is 1. The minimum atomic E-state index is -3.58. The summed E-state index contributed by atoms with van der Waals surface area (Å²) in [6, 6.07) is 6.99. The first kappa shape index (κ1) is 19.9. The molecule has 0 spiro atoms. The van der Waals surface area contributed by atoms with E-state index in [-0.39, 0.29) is 11.7 Å². The lowest BCUT2D eigenvalue weighted by molar-refractivity contribution is 0.0276. The SMILES string of the molecule is CC(CC1COCC1C)OC(=O)c1cn(S(=O)(=O)C(C)C)c2ccccc12. The first-order valence-corrected chi connectivity index (χ1v) is 10.8. The molecule has 27 heavy (non-hydrogen) atoms. The van der Waals surface area contributed by atoms with Crippen LogP contribution in [0.3, 0.4) is 0 Å². The van der Waals surface area contributed by atoms with Crippen LogP contribution in [0.25, 0.3) is 10.9 Å². The Morgan fingerprint density at radius 2 is 1.96 bits per heavy atom. The number of hydrogen-bond donors (Lipinski definition) is 0. The fraction of sp³-hybridized carbons (Fsp3) is 0.550. The maximum absolute atomic E-state index is 12.8. The highest BCUT2D eigenvalue weighted by atomic mass is 32.2. The van der Waals surface area contributed by atoms with E-state index >= 15 is 0 Å². The van der Waals surface area contributed by atoms with Gasteiger partial charge in [-0.05, 0) is 45.1 Å². The van der Waals surface area contributed by atoms with Crippen LogP contribution in [0.5, 0.6) is 0 Å². The molecule has 3 rings (SSSR count). The molecule has 3 atom stereocenters. The molecule has 0 aliphatic carbocycles. The summed E-state index contributed by atoms with van der Waals surface area (Å²) in [5.41, 5.74) is 0.765. The minimum absolute atomic E-state index is 0.268. The Balaban J connectivity index is 1.87. The average Bonchev–Trinajstić information content (AvgIpc) is 3.19. The highest BCUT2D eigenvalue weighted by Gasteiger charge is 2.29. The Bertz CT molecular complexity index is 931. The van der Waals surface area contributed by atoms with Gasteiger partial charge in [-0.15, -0.1) is 0 Å². The molecular weight excluding hydrogens is 366 g/mol. The molecule has 1 fully saturated rings. The summed E-state index contributed by atoms with van der Waals surface area (Å²) in [5, 5.41) is -0.0172. The second-order valence-electron chi connectivity index (χ2n) is 7.68. The van der Waals surface area contributed by atoms with Gasteiger partial charge in [0.2, 0.25) is 10.0 Å². The van der Waals surface area contributed by atoms with Crippen molar-refractivity contribution in [2.45, 2.75) is 45.5 Å². The molecule has 1 aliphatic heterocycles. The number of carbonyl (C=O) groups is 1. The van der Waals surface area contributed by atoms with E-state index in [4.69, 9.17) is 9.47 Å². The van der Waals surface area contributed by atoms with Crippen LogP contribution in [0.4, 0.5) is 0 Å². The largest absolute Gasteiger partial charge is 0.459 e. The van der Waals surface area contributed by atoms with E-state index in [2.05, 4.69) is 6.92 Å². The summed E-state index contributed by atoms with van der Waals surface area (Å²) in [6.45, 7) is 8.68. The predicted molar refractivity (Wildman–Crippen MR) is 104 cm³/mol. The van der Waals surface area contributed by atoms with E-state index in [1.807, 2.05) is 6.92 Å². The topological polar surface area (TPSA) is 74.6 Å². The second-order valence-corrected chi connectivity index (χ2v) is 10.0. The normalized spacial score (nSPS) is 21.7. The Hall–Kier alpha value is -1.86. The van der Waals surface area contributed by atoms with Gasteiger partial charge in [-0.3, -0.25) is 0 Å². The molecule has 2 aromatic rings.